The molecule has 1 amide bonds. The first-order valence-corrected chi connectivity index (χ1v) is 5.31. The summed E-state index contributed by atoms with van der Waals surface area (Å²) in [5.41, 5.74) is 0.996. The number of aromatic nitrogens is 1. The second kappa shape index (κ2) is 4.52. The second-order valence-corrected chi connectivity index (χ2v) is 4.24. The third kappa shape index (κ3) is 2.52. The van der Waals surface area contributed by atoms with Gasteiger partial charge in [-0.05, 0) is 20.3 Å². The van der Waals surface area contributed by atoms with Crippen molar-refractivity contribution in [2.45, 2.75) is 33.3 Å². The molecule has 0 aliphatic heterocycles. The molecule has 1 aromatic rings. The summed E-state index contributed by atoms with van der Waals surface area (Å²) in [6.07, 6.45) is -0.142. The van der Waals surface area contributed by atoms with E-state index in [1.54, 1.807) is 0 Å². The molecule has 0 radical (unpaired) electrons. The quantitative estimate of drug-likeness (QED) is 0.798. The van der Waals surface area contributed by atoms with Gasteiger partial charge in [0.25, 0.3) is 5.91 Å². The maximum absolute atomic E-state index is 11.1. The van der Waals surface area contributed by atoms with Gasteiger partial charge in [0, 0.05) is 4.88 Å². The lowest BCUT2D eigenvalue weighted by molar-refractivity contribution is -0.123. The predicted molar refractivity (Wildman–Crippen MR) is 56.5 cm³/mol. The van der Waals surface area contributed by atoms with Crippen molar-refractivity contribution in [3.63, 3.8) is 0 Å². The zero-order valence-corrected chi connectivity index (χ0v) is 9.31. The van der Waals surface area contributed by atoms with Crippen molar-refractivity contribution in [1.82, 2.24) is 4.98 Å². The first-order valence-electron chi connectivity index (χ1n) is 4.49. The van der Waals surface area contributed by atoms with Crippen molar-refractivity contribution in [3.8, 4) is 0 Å². The Hall–Kier alpha value is -0.940. The number of nitrogens with one attached hydrogen (secondary N) is 1. The minimum Gasteiger partial charge on any atom is -0.384 e. The average Bonchev–Trinajstić information content (AvgIpc) is 2.45. The summed E-state index contributed by atoms with van der Waals surface area (Å²) in [7, 11) is 0. The fraction of sp³-hybridized carbons (Fsp3) is 0.556. The molecule has 0 aliphatic rings. The van der Waals surface area contributed by atoms with Gasteiger partial charge in [-0.15, -0.1) is 11.3 Å². The van der Waals surface area contributed by atoms with Crippen LogP contribution in [-0.2, 0) is 11.2 Å². The third-order valence-corrected chi connectivity index (χ3v) is 2.77. The number of thiazole rings is 1. The van der Waals surface area contributed by atoms with Crippen molar-refractivity contribution < 1.29 is 9.90 Å². The maximum Gasteiger partial charge on any atom is 0.254 e. The molecule has 1 unspecified atom stereocenters. The summed E-state index contributed by atoms with van der Waals surface area (Å²) >= 11 is 1.43. The molecule has 0 aliphatic carbocycles. The number of aryl methyl sites for hydroxylation is 2. The van der Waals surface area contributed by atoms with E-state index < -0.39 is 12.0 Å². The van der Waals surface area contributed by atoms with Crippen LogP contribution in [0.4, 0.5) is 5.13 Å². The smallest absolute Gasteiger partial charge is 0.254 e. The van der Waals surface area contributed by atoms with Gasteiger partial charge in [0.05, 0.1) is 5.69 Å². The lowest BCUT2D eigenvalue weighted by Crippen LogP contribution is -2.24. The molecule has 0 spiro atoms. The molecule has 1 atom stereocenters. The van der Waals surface area contributed by atoms with Gasteiger partial charge in [0.15, 0.2) is 5.13 Å². The van der Waals surface area contributed by atoms with Gasteiger partial charge in [-0.3, -0.25) is 10.1 Å². The fourth-order valence-electron chi connectivity index (χ4n) is 1.02. The molecule has 0 saturated carbocycles. The molecule has 0 fully saturated rings. The number of carbonyl (C=O) groups excluding carboxylic acids is 1. The summed E-state index contributed by atoms with van der Waals surface area (Å²) in [5, 5.41) is 12.1. The largest absolute Gasteiger partial charge is 0.384 e. The number of rotatable bonds is 3. The van der Waals surface area contributed by atoms with E-state index in [4.69, 9.17) is 5.11 Å². The molecule has 0 aromatic carbocycles. The van der Waals surface area contributed by atoms with Gasteiger partial charge in [-0.1, -0.05) is 6.92 Å². The highest BCUT2D eigenvalue weighted by Gasteiger charge is 2.12. The predicted octanol–water partition coefficient (Wildman–Crippen LogP) is 1.33. The first-order chi connectivity index (χ1) is 6.54. The monoisotopic (exact) mass is 214 g/mol. The van der Waals surface area contributed by atoms with E-state index in [1.165, 1.54) is 18.3 Å². The van der Waals surface area contributed by atoms with Crippen LogP contribution in [0.25, 0.3) is 0 Å². The molecular weight excluding hydrogens is 200 g/mol. The highest BCUT2D eigenvalue weighted by atomic mass is 32.1. The molecule has 0 saturated heterocycles. The van der Waals surface area contributed by atoms with E-state index in [0.29, 0.717) is 5.13 Å². The maximum atomic E-state index is 11.1. The van der Waals surface area contributed by atoms with Crippen molar-refractivity contribution in [1.29, 1.82) is 0 Å². The normalized spacial score (nSPS) is 12.6. The summed E-state index contributed by atoms with van der Waals surface area (Å²) in [6, 6.07) is 0. The number of carbonyl (C=O) groups is 1. The zero-order valence-electron chi connectivity index (χ0n) is 8.50. The van der Waals surface area contributed by atoms with Gasteiger partial charge in [0.2, 0.25) is 0 Å². The molecule has 14 heavy (non-hydrogen) atoms. The van der Waals surface area contributed by atoms with E-state index in [1.807, 2.05) is 13.8 Å². The summed E-state index contributed by atoms with van der Waals surface area (Å²) in [5.74, 6) is -0.415. The molecule has 1 rings (SSSR count). The first kappa shape index (κ1) is 11.1. The lowest BCUT2D eigenvalue weighted by atomic mass is 10.3. The molecule has 1 aromatic heterocycles. The van der Waals surface area contributed by atoms with Crippen LogP contribution < -0.4 is 5.32 Å². The van der Waals surface area contributed by atoms with Gasteiger partial charge >= 0.3 is 0 Å². The Morgan fingerprint density at radius 1 is 1.71 bits per heavy atom. The van der Waals surface area contributed by atoms with Crippen LogP contribution in [0.5, 0.6) is 0 Å². The summed E-state index contributed by atoms with van der Waals surface area (Å²) in [4.78, 5) is 16.5. The minimum absolute atomic E-state index is 0.415. The van der Waals surface area contributed by atoms with Crippen molar-refractivity contribution in [2.75, 3.05) is 5.32 Å². The van der Waals surface area contributed by atoms with E-state index in [9.17, 15) is 4.79 Å². The number of hydrogen-bond donors (Lipinski definition) is 2. The highest BCUT2D eigenvalue weighted by molar-refractivity contribution is 7.15. The summed E-state index contributed by atoms with van der Waals surface area (Å²) in [6.45, 7) is 5.41. The standard InChI is InChI=1S/C9H14N2O2S/c1-4-7-6(3)14-9(10-7)11-8(13)5(2)12/h5,12H,4H2,1-3H3,(H,10,11,13). The summed E-state index contributed by atoms with van der Waals surface area (Å²) < 4.78 is 0. The lowest BCUT2D eigenvalue weighted by Gasteiger charge is -2.02. The number of hydrogen-bond acceptors (Lipinski definition) is 4. The average molecular weight is 214 g/mol. The van der Waals surface area contributed by atoms with Crippen LogP contribution in [0.2, 0.25) is 0 Å². The van der Waals surface area contributed by atoms with Crippen LogP contribution in [0, 0.1) is 6.92 Å². The number of anilines is 1. The Morgan fingerprint density at radius 3 is 2.79 bits per heavy atom. The second-order valence-electron chi connectivity index (χ2n) is 3.04. The van der Waals surface area contributed by atoms with E-state index in [2.05, 4.69) is 10.3 Å². The Morgan fingerprint density at radius 2 is 2.36 bits per heavy atom. The molecule has 5 heteroatoms. The van der Waals surface area contributed by atoms with Crippen LogP contribution >= 0.6 is 11.3 Å². The van der Waals surface area contributed by atoms with Gasteiger partial charge < -0.3 is 5.11 Å². The third-order valence-electron chi connectivity index (χ3n) is 1.84. The minimum atomic E-state index is -0.996. The molecule has 1 heterocycles. The molecule has 78 valence electrons. The molecule has 4 nitrogen and oxygen atoms in total. The van der Waals surface area contributed by atoms with E-state index in [0.717, 1.165) is 17.0 Å². The van der Waals surface area contributed by atoms with Crippen molar-refractivity contribution in [3.05, 3.63) is 10.6 Å². The molecule has 0 bridgehead atoms. The fourth-order valence-corrected chi connectivity index (χ4v) is 1.92. The Balaban J connectivity index is 2.73. The van der Waals surface area contributed by atoms with Crippen LogP contribution in [0.15, 0.2) is 0 Å². The SMILES string of the molecule is CCc1nc(NC(=O)C(C)O)sc1C. The number of amides is 1. The van der Waals surface area contributed by atoms with E-state index >= 15 is 0 Å². The number of aliphatic hydroxyl groups is 1. The molecular formula is C9H14N2O2S. The van der Waals surface area contributed by atoms with Crippen molar-refractivity contribution >= 4 is 22.4 Å². The molecule has 2 N–H and O–H groups in total. The van der Waals surface area contributed by atoms with E-state index in [-0.39, 0.29) is 0 Å². The van der Waals surface area contributed by atoms with Crippen molar-refractivity contribution in [2.24, 2.45) is 0 Å². The van der Waals surface area contributed by atoms with Crippen LogP contribution in [-0.4, -0.2) is 22.1 Å². The number of nitrogens with zero attached hydrogens (tertiary/aromatic N) is 1. The number of aliphatic hydroxyl groups excluding tert-OH is 1. The van der Waals surface area contributed by atoms with Gasteiger partial charge in [-0.25, -0.2) is 4.98 Å². The van der Waals surface area contributed by atoms with Gasteiger partial charge in [0.1, 0.15) is 6.10 Å². The van der Waals surface area contributed by atoms with Crippen LogP contribution in [0.1, 0.15) is 24.4 Å². The Kier molecular flexibility index (Phi) is 3.60. The van der Waals surface area contributed by atoms with Crippen LogP contribution in [0.3, 0.4) is 0 Å². The Bertz CT molecular complexity index is 334. The topological polar surface area (TPSA) is 62.2 Å². The van der Waals surface area contributed by atoms with Gasteiger partial charge in [-0.2, -0.15) is 0 Å². The zero-order chi connectivity index (χ0) is 10.7. The highest BCUT2D eigenvalue weighted by Crippen LogP contribution is 2.22. The Labute approximate surface area is 87.0 Å².